The first-order valence-electron chi connectivity index (χ1n) is 5.49. The van der Waals surface area contributed by atoms with E-state index in [1.807, 2.05) is 0 Å². The van der Waals surface area contributed by atoms with Crippen LogP contribution < -0.4 is 5.32 Å². The van der Waals surface area contributed by atoms with Crippen LogP contribution in [0.5, 0.6) is 0 Å². The number of carboxylic acid groups (broad SMARTS) is 1. The first kappa shape index (κ1) is 12.7. The summed E-state index contributed by atoms with van der Waals surface area (Å²) < 4.78 is 0. The number of anilines is 1. The Hall–Kier alpha value is -2.76. The van der Waals surface area contributed by atoms with Crippen LogP contribution in [0.1, 0.15) is 26.4 Å². The Morgan fingerprint density at radius 1 is 1.32 bits per heavy atom. The number of nitrogens with zero attached hydrogens (tertiary/aromatic N) is 2. The molecule has 1 amide bonds. The second-order valence-corrected chi connectivity index (χ2v) is 3.89. The van der Waals surface area contributed by atoms with Gasteiger partial charge in [0.1, 0.15) is 5.69 Å². The first-order chi connectivity index (χ1) is 9.08. The summed E-state index contributed by atoms with van der Waals surface area (Å²) in [4.78, 5) is 30.5. The fourth-order valence-corrected chi connectivity index (χ4v) is 1.54. The summed E-state index contributed by atoms with van der Waals surface area (Å²) in [5.74, 6) is -1.50. The molecule has 96 valence electrons. The second kappa shape index (κ2) is 5.26. The number of rotatable bonds is 3. The molecule has 2 N–H and O–H groups in total. The second-order valence-electron chi connectivity index (χ2n) is 3.89. The van der Waals surface area contributed by atoms with Crippen LogP contribution in [-0.4, -0.2) is 27.0 Å². The molecule has 6 nitrogen and oxygen atoms in total. The van der Waals surface area contributed by atoms with Crippen LogP contribution in [0.25, 0.3) is 0 Å². The summed E-state index contributed by atoms with van der Waals surface area (Å²) in [5.41, 5.74) is 1.36. The minimum absolute atomic E-state index is 0.00976. The average molecular weight is 257 g/mol. The highest BCUT2D eigenvalue weighted by atomic mass is 16.4. The molecule has 0 radical (unpaired) electrons. The molecule has 2 rings (SSSR count). The molecule has 0 saturated heterocycles. The van der Waals surface area contributed by atoms with Gasteiger partial charge in [0.05, 0.1) is 17.4 Å². The SMILES string of the molecule is Cc1cccnc1C(=O)Nc1cncc(C(=O)O)c1. The van der Waals surface area contributed by atoms with E-state index in [4.69, 9.17) is 5.11 Å². The summed E-state index contributed by atoms with van der Waals surface area (Å²) in [6.45, 7) is 1.77. The van der Waals surface area contributed by atoms with Gasteiger partial charge in [-0.1, -0.05) is 6.07 Å². The summed E-state index contributed by atoms with van der Waals surface area (Å²) in [7, 11) is 0. The Kier molecular flexibility index (Phi) is 3.51. The number of aromatic nitrogens is 2. The van der Waals surface area contributed by atoms with Crippen molar-refractivity contribution in [1.29, 1.82) is 0 Å². The molecule has 0 aliphatic carbocycles. The third kappa shape index (κ3) is 2.92. The highest BCUT2D eigenvalue weighted by molar-refractivity contribution is 6.04. The number of pyridine rings is 2. The van der Waals surface area contributed by atoms with Gasteiger partial charge in [-0.15, -0.1) is 0 Å². The quantitative estimate of drug-likeness (QED) is 0.873. The van der Waals surface area contributed by atoms with Crippen molar-refractivity contribution in [3.05, 3.63) is 53.6 Å². The Morgan fingerprint density at radius 3 is 2.79 bits per heavy atom. The smallest absolute Gasteiger partial charge is 0.337 e. The van der Waals surface area contributed by atoms with Crippen LogP contribution in [0.15, 0.2) is 36.8 Å². The number of hydrogen-bond acceptors (Lipinski definition) is 4. The Morgan fingerprint density at radius 2 is 2.11 bits per heavy atom. The van der Waals surface area contributed by atoms with Crippen molar-refractivity contribution in [2.45, 2.75) is 6.92 Å². The number of carbonyl (C=O) groups excluding carboxylic acids is 1. The molecule has 0 aliphatic rings. The third-order valence-corrected chi connectivity index (χ3v) is 2.47. The van der Waals surface area contributed by atoms with Crippen LogP contribution in [-0.2, 0) is 0 Å². The van der Waals surface area contributed by atoms with E-state index in [0.717, 1.165) is 5.56 Å². The van der Waals surface area contributed by atoms with Gasteiger partial charge in [0, 0.05) is 12.4 Å². The van der Waals surface area contributed by atoms with E-state index in [-0.39, 0.29) is 5.56 Å². The van der Waals surface area contributed by atoms with E-state index in [1.165, 1.54) is 24.7 Å². The molecule has 2 aromatic rings. The Labute approximate surface area is 109 Å². The summed E-state index contributed by atoms with van der Waals surface area (Å²) in [6, 6.07) is 4.85. The fourth-order valence-electron chi connectivity index (χ4n) is 1.54. The van der Waals surface area contributed by atoms with Crippen molar-refractivity contribution < 1.29 is 14.7 Å². The van der Waals surface area contributed by atoms with Crippen molar-refractivity contribution in [1.82, 2.24) is 9.97 Å². The number of hydrogen-bond donors (Lipinski definition) is 2. The van der Waals surface area contributed by atoms with Crippen molar-refractivity contribution in [2.75, 3.05) is 5.32 Å². The van der Waals surface area contributed by atoms with Gasteiger partial charge in [-0.25, -0.2) is 4.79 Å². The number of carboxylic acids is 1. The van der Waals surface area contributed by atoms with Crippen molar-refractivity contribution in [3.63, 3.8) is 0 Å². The van der Waals surface area contributed by atoms with Crippen molar-refractivity contribution >= 4 is 17.6 Å². The molecule has 0 unspecified atom stereocenters. The van der Waals surface area contributed by atoms with E-state index in [9.17, 15) is 9.59 Å². The molecule has 0 spiro atoms. The fraction of sp³-hybridized carbons (Fsp3) is 0.0769. The number of nitrogens with one attached hydrogen (secondary N) is 1. The molecule has 0 bridgehead atoms. The maximum atomic E-state index is 12.0. The molecule has 2 heterocycles. The minimum atomic E-state index is -1.10. The lowest BCUT2D eigenvalue weighted by molar-refractivity contribution is 0.0696. The van der Waals surface area contributed by atoms with E-state index in [1.54, 1.807) is 19.1 Å². The largest absolute Gasteiger partial charge is 0.478 e. The van der Waals surface area contributed by atoms with E-state index in [2.05, 4.69) is 15.3 Å². The molecular weight excluding hydrogens is 246 g/mol. The number of aryl methyl sites for hydroxylation is 1. The third-order valence-electron chi connectivity index (χ3n) is 2.47. The van der Waals surface area contributed by atoms with Crippen LogP contribution in [0.2, 0.25) is 0 Å². The van der Waals surface area contributed by atoms with Gasteiger partial charge >= 0.3 is 5.97 Å². The standard InChI is InChI=1S/C13H11N3O3/c1-8-3-2-4-15-11(8)12(17)16-10-5-9(13(18)19)6-14-7-10/h2-7H,1H3,(H,16,17)(H,18,19). The predicted octanol–water partition coefficient (Wildman–Crippen LogP) is 1.74. The lowest BCUT2D eigenvalue weighted by Gasteiger charge is -2.06. The van der Waals surface area contributed by atoms with Crippen molar-refractivity contribution in [3.8, 4) is 0 Å². The van der Waals surface area contributed by atoms with E-state index in [0.29, 0.717) is 11.4 Å². The van der Waals surface area contributed by atoms with E-state index >= 15 is 0 Å². The van der Waals surface area contributed by atoms with Gasteiger partial charge in [-0.2, -0.15) is 0 Å². The molecule has 0 fully saturated rings. The van der Waals surface area contributed by atoms with Gasteiger partial charge in [-0.05, 0) is 24.6 Å². The molecule has 0 aromatic carbocycles. The van der Waals surface area contributed by atoms with Crippen LogP contribution in [0.4, 0.5) is 5.69 Å². The summed E-state index contributed by atoms with van der Waals surface area (Å²) in [6.07, 6.45) is 4.11. The topological polar surface area (TPSA) is 92.2 Å². The molecule has 0 atom stereocenters. The Balaban J connectivity index is 2.22. The normalized spacial score (nSPS) is 9.95. The average Bonchev–Trinajstić information content (AvgIpc) is 2.39. The van der Waals surface area contributed by atoms with Gasteiger partial charge in [0.15, 0.2) is 0 Å². The minimum Gasteiger partial charge on any atom is -0.478 e. The van der Waals surface area contributed by atoms with Gasteiger partial charge in [-0.3, -0.25) is 14.8 Å². The summed E-state index contributed by atoms with van der Waals surface area (Å²) in [5, 5.41) is 11.4. The number of carbonyl (C=O) groups is 2. The molecule has 6 heteroatoms. The van der Waals surface area contributed by atoms with Crippen LogP contribution in [0, 0.1) is 6.92 Å². The van der Waals surface area contributed by atoms with Crippen LogP contribution >= 0.6 is 0 Å². The highest BCUT2D eigenvalue weighted by Crippen LogP contribution is 2.11. The molecule has 2 aromatic heterocycles. The lowest BCUT2D eigenvalue weighted by Crippen LogP contribution is -2.15. The maximum absolute atomic E-state index is 12.0. The lowest BCUT2D eigenvalue weighted by atomic mass is 10.2. The first-order valence-corrected chi connectivity index (χ1v) is 5.49. The Bertz CT molecular complexity index is 641. The molecule has 0 saturated carbocycles. The number of amides is 1. The van der Waals surface area contributed by atoms with Crippen molar-refractivity contribution in [2.24, 2.45) is 0 Å². The monoisotopic (exact) mass is 257 g/mol. The zero-order chi connectivity index (χ0) is 13.8. The van der Waals surface area contributed by atoms with E-state index < -0.39 is 11.9 Å². The zero-order valence-corrected chi connectivity index (χ0v) is 10.1. The van der Waals surface area contributed by atoms with Crippen LogP contribution in [0.3, 0.4) is 0 Å². The molecule has 19 heavy (non-hydrogen) atoms. The summed E-state index contributed by atoms with van der Waals surface area (Å²) >= 11 is 0. The zero-order valence-electron chi connectivity index (χ0n) is 10.1. The molecule has 0 aliphatic heterocycles. The number of aromatic carboxylic acids is 1. The highest BCUT2D eigenvalue weighted by Gasteiger charge is 2.11. The van der Waals surface area contributed by atoms with Gasteiger partial charge < -0.3 is 10.4 Å². The predicted molar refractivity (Wildman–Crippen MR) is 68.1 cm³/mol. The molecular formula is C13H11N3O3. The van der Waals surface area contributed by atoms with Gasteiger partial charge in [0.25, 0.3) is 5.91 Å². The maximum Gasteiger partial charge on any atom is 0.337 e. The van der Waals surface area contributed by atoms with Gasteiger partial charge in [0.2, 0.25) is 0 Å².